The van der Waals surface area contributed by atoms with Gasteiger partial charge in [0, 0.05) is 18.0 Å². The number of methoxy groups -OCH3 is 1. The van der Waals surface area contributed by atoms with Crippen molar-refractivity contribution in [1.29, 1.82) is 0 Å². The summed E-state index contributed by atoms with van der Waals surface area (Å²) in [4.78, 5) is 26.0. The first kappa shape index (κ1) is 19.5. The average molecular weight is 369 g/mol. The van der Waals surface area contributed by atoms with Gasteiger partial charge in [-0.15, -0.1) is 0 Å². The third-order valence-electron chi connectivity index (χ3n) is 3.87. The van der Waals surface area contributed by atoms with Gasteiger partial charge in [-0.3, -0.25) is 9.69 Å². The van der Waals surface area contributed by atoms with Gasteiger partial charge in [0.2, 0.25) is 5.91 Å². The van der Waals surface area contributed by atoms with Gasteiger partial charge in [-0.2, -0.15) is 0 Å². The third-order valence-corrected chi connectivity index (χ3v) is 4.13. The molecule has 0 bridgehead atoms. The highest BCUT2D eigenvalue weighted by Gasteiger charge is 2.41. The number of nitrogens with zero attached hydrogens (tertiary/aromatic N) is 1. The molecule has 7 heteroatoms. The van der Waals surface area contributed by atoms with E-state index < -0.39 is 12.1 Å². The van der Waals surface area contributed by atoms with Crippen LogP contribution in [0.3, 0.4) is 0 Å². The predicted molar refractivity (Wildman–Crippen MR) is 95.4 cm³/mol. The van der Waals surface area contributed by atoms with Crippen LogP contribution in [0.1, 0.15) is 32.8 Å². The lowest BCUT2D eigenvalue weighted by Crippen LogP contribution is -2.45. The Balaban J connectivity index is 2.01. The maximum Gasteiger partial charge on any atom is 0.410 e. The number of ether oxygens (including phenoxy) is 2. The molecule has 138 valence electrons. The minimum atomic E-state index is -0.605. The third kappa shape index (κ3) is 5.61. The van der Waals surface area contributed by atoms with Crippen molar-refractivity contribution >= 4 is 23.6 Å². The maximum absolute atomic E-state index is 12.6. The van der Waals surface area contributed by atoms with Crippen LogP contribution >= 0.6 is 11.6 Å². The molecular formula is C18H25ClN2O4. The quantitative estimate of drug-likeness (QED) is 0.887. The van der Waals surface area contributed by atoms with E-state index in [1.54, 1.807) is 12.1 Å². The number of benzene rings is 1. The van der Waals surface area contributed by atoms with Crippen LogP contribution in [0, 0.1) is 0 Å². The van der Waals surface area contributed by atoms with Crippen LogP contribution in [0.2, 0.25) is 5.02 Å². The number of likely N-dealkylation sites (tertiary alicyclic amines) is 1. The summed E-state index contributed by atoms with van der Waals surface area (Å²) in [5.74, 6) is -0.222. The fourth-order valence-electron chi connectivity index (χ4n) is 2.86. The molecule has 1 fully saturated rings. The Kier molecular flexibility index (Phi) is 6.30. The number of carbonyl (C=O) groups excluding carboxylic acids is 2. The van der Waals surface area contributed by atoms with E-state index in [9.17, 15) is 9.59 Å². The normalized spacial score (nSPS) is 20.4. The first-order chi connectivity index (χ1) is 11.7. The summed E-state index contributed by atoms with van der Waals surface area (Å²) in [7, 11) is 1.31. The van der Waals surface area contributed by atoms with Gasteiger partial charge in [0.15, 0.2) is 0 Å². The molecule has 1 aromatic carbocycles. The summed E-state index contributed by atoms with van der Waals surface area (Å²) < 4.78 is 10.7. The van der Waals surface area contributed by atoms with Crippen LogP contribution in [0.4, 0.5) is 4.79 Å². The van der Waals surface area contributed by atoms with E-state index in [1.165, 1.54) is 12.0 Å². The number of nitrogens with one attached hydrogen (secondary N) is 1. The molecule has 2 atom stereocenters. The molecule has 1 N–H and O–H groups in total. The second-order valence-electron chi connectivity index (χ2n) is 7.07. The maximum atomic E-state index is 12.6. The highest BCUT2D eigenvalue weighted by atomic mass is 35.5. The van der Waals surface area contributed by atoms with Gasteiger partial charge >= 0.3 is 6.09 Å². The van der Waals surface area contributed by atoms with Crippen molar-refractivity contribution in [1.82, 2.24) is 10.2 Å². The number of halogens is 1. The molecule has 1 aromatic rings. The molecule has 1 saturated heterocycles. The van der Waals surface area contributed by atoms with E-state index in [-0.39, 0.29) is 17.6 Å². The van der Waals surface area contributed by atoms with Crippen molar-refractivity contribution < 1.29 is 19.1 Å². The van der Waals surface area contributed by atoms with E-state index in [0.717, 1.165) is 5.56 Å². The molecule has 6 nitrogen and oxygen atoms in total. The van der Waals surface area contributed by atoms with Crippen molar-refractivity contribution in [2.24, 2.45) is 0 Å². The first-order valence-electron chi connectivity index (χ1n) is 8.24. The highest BCUT2D eigenvalue weighted by molar-refractivity contribution is 6.30. The van der Waals surface area contributed by atoms with E-state index in [4.69, 9.17) is 21.1 Å². The van der Waals surface area contributed by atoms with Crippen molar-refractivity contribution in [2.75, 3.05) is 13.7 Å². The zero-order valence-corrected chi connectivity index (χ0v) is 15.8. The Bertz CT molecular complexity index is 612. The number of rotatable bonds is 4. The summed E-state index contributed by atoms with van der Waals surface area (Å²) in [6.45, 7) is 6.55. The van der Waals surface area contributed by atoms with Gasteiger partial charge in [0.25, 0.3) is 0 Å². The first-order valence-corrected chi connectivity index (χ1v) is 8.62. The number of hydrogen-bond donors (Lipinski definition) is 1. The summed E-state index contributed by atoms with van der Waals surface area (Å²) in [6.07, 6.45) is -0.282. The van der Waals surface area contributed by atoms with Crippen LogP contribution in [0.5, 0.6) is 0 Å². The van der Waals surface area contributed by atoms with Crippen molar-refractivity contribution in [3.8, 4) is 0 Å². The standard InChI is InChI=1S/C18H25ClN2O4/c1-18(2,3)25-14-9-15(21(11-14)17(23)24-4)16(22)20-10-12-5-7-13(19)8-6-12/h5-8,14-15H,9-11H2,1-4H3,(H,20,22). The van der Waals surface area contributed by atoms with Gasteiger partial charge in [-0.25, -0.2) is 4.79 Å². The van der Waals surface area contributed by atoms with Gasteiger partial charge in [0.1, 0.15) is 6.04 Å². The highest BCUT2D eigenvalue weighted by Crippen LogP contribution is 2.25. The summed E-state index contributed by atoms with van der Waals surface area (Å²) >= 11 is 5.86. The summed E-state index contributed by atoms with van der Waals surface area (Å²) in [5, 5.41) is 3.51. The van der Waals surface area contributed by atoms with Gasteiger partial charge in [-0.05, 0) is 38.5 Å². The molecule has 25 heavy (non-hydrogen) atoms. The molecule has 0 aromatic heterocycles. The molecular weight excluding hydrogens is 344 g/mol. The minimum absolute atomic E-state index is 0.203. The Morgan fingerprint density at radius 2 is 1.92 bits per heavy atom. The molecule has 0 radical (unpaired) electrons. The summed E-state index contributed by atoms with van der Waals surface area (Å²) in [5.41, 5.74) is 0.587. The molecule has 2 unspecified atom stereocenters. The molecule has 1 aliphatic heterocycles. The lowest BCUT2D eigenvalue weighted by atomic mass is 10.1. The van der Waals surface area contributed by atoms with Crippen LogP contribution < -0.4 is 5.32 Å². The molecule has 0 aliphatic carbocycles. The van der Waals surface area contributed by atoms with E-state index in [1.807, 2.05) is 32.9 Å². The van der Waals surface area contributed by atoms with Crippen molar-refractivity contribution in [3.63, 3.8) is 0 Å². The Morgan fingerprint density at radius 3 is 2.48 bits per heavy atom. The molecule has 1 heterocycles. The fourth-order valence-corrected chi connectivity index (χ4v) is 2.99. The molecule has 2 rings (SSSR count). The second kappa shape index (κ2) is 8.06. The average Bonchev–Trinajstić information content (AvgIpc) is 2.95. The van der Waals surface area contributed by atoms with Crippen molar-refractivity contribution in [2.45, 2.75) is 51.5 Å². The van der Waals surface area contributed by atoms with E-state index in [0.29, 0.717) is 24.5 Å². The van der Waals surface area contributed by atoms with Crippen LogP contribution in [0.25, 0.3) is 0 Å². The van der Waals surface area contributed by atoms with Gasteiger partial charge < -0.3 is 14.8 Å². The van der Waals surface area contributed by atoms with Crippen LogP contribution in [-0.4, -0.2) is 48.3 Å². The summed E-state index contributed by atoms with van der Waals surface area (Å²) in [6, 6.07) is 6.63. The van der Waals surface area contributed by atoms with Crippen LogP contribution in [0.15, 0.2) is 24.3 Å². The topological polar surface area (TPSA) is 67.9 Å². The largest absolute Gasteiger partial charge is 0.453 e. The Labute approximate surface area is 153 Å². The van der Waals surface area contributed by atoms with Gasteiger partial charge in [0.05, 0.1) is 25.4 Å². The van der Waals surface area contributed by atoms with Gasteiger partial charge in [-0.1, -0.05) is 23.7 Å². The molecule has 0 saturated carbocycles. The van der Waals surface area contributed by atoms with Crippen molar-refractivity contribution in [3.05, 3.63) is 34.9 Å². The van der Waals surface area contributed by atoms with Crippen LogP contribution in [-0.2, 0) is 20.8 Å². The lowest BCUT2D eigenvalue weighted by Gasteiger charge is -2.24. The fraction of sp³-hybridized carbons (Fsp3) is 0.556. The monoisotopic (exact) mass is 368 g/mol. The smallest absolute Gasteiger partial charge is 0.410 e. The Morgan fingerprint density at radius 1 is 1.28 bits per heavy atom. The zero-order valence-electron chi connectivity index (χ0n) is 15.0. The minimum Gasteiger partial charge on any atom is -0.453 e. The number of hydrogen-bond acceptors (Lipinski definition) is 4. The molecule has 0 spiro atoms. The zero-order chi connectivity index (χ0) is 18.6. The second-order valence-corrected chi connectivity index (χ2v) is 7.51. The number of amides is 2. The molecule has 2 amide bonds. The number of carbonyl (C=O) groups is 2. The SMILES string of the molecule is COC(=O)N1CC(OC(C)(C)C)CC1C(=O)NCc1ccc(Cl)cc1. The lowest BCUT2D eigenvalue weighted by molar-refractivity contribution is -0.125. The van der Waals surface area contributed by atoms with E-state index in [2.05, 4.69) is 5.32 Å². The predicted octanol–water partition coefficient (Wildman–Crippen LogP) is 2.98. The van der Waals surface area contributed by atoms with E-state index >= 15 is 0 Å². The Hall–Kier alpha value is -1.79. The molecule has 1 aliphatic rings.